The van der Waals surface area contributed by atoms with Crippen molar-refractivity contribution in [3.63, 3.8) is 0 Å². The maximum atomic E-state index is 13.1. The van der Waals surface area contributed by atoms with Crippen LogP contribution >= 0.6 is 15.9 Å². The Morgan fingerprint density at radius 1 is 0.923 bits per heavy atom. The summed E-state index contributed by atoms with van der Waals surface area (Å²) < 4.78 is 11.8. The summed E-state index contributed by atoms with van der Waals surface area (Å²) in [7, 11) is 3.32. The summed E-state index contributed by atoms with van der Waals surface area (Å²) in [5.74, 6) is 1.05. The molecule has 1 atom stereocenters. The molecule has 0 unspecified atom stereocenters. The number of carbonyl (C=O) groups is 2. The number of pyridine rings is 1. The lowest BCUT2D eigenvalue weighted by atomic mass is 10.00. The summed E-state index contributed by atoms with van der Waals surface area (Å²) in [5.41, 5.74) is 2.57. The van der Waals surface area contributed by atoms with Gasteiger partial charge in [-0.3, -0.25) is 4.79 Å². The molecule has 0 aliphatic rings. The molecule has 0 bridgehead atoms. The first-order chi connectivity index (χ1) is 18.9. The molecule has 0 radical (unpaired) electrons. The van der Waals surface area contributed by atoms with Crippen molar-refractivity contribution >= 4 is 39.2 Å². The number of rotatable bonds is 12. The van der Waals surface area contributed by atoms with Crippen LogP contribution in [0.1, 0.15) is 21.5 Å². The summed E-state index contributed by atoms with van der Waals surface area (Å²) >= 11 is 3.39. The Kier molecular flexibility index (Phi) is 9.69. The lowest BCUT2D eigenvalue weighted by Gasteiger charge is -2.20. The van der Waals surface area contributed by atoms with Gasteiger partial charge >= 0.3 is 5.97 Å². The zero-order chi connectivity index (χ0) is 27.6. The van der Waals surface area contributed by atoms with Gasteiger partial charge in [-0.05, 0) is 57.9 Å². The van der Waals surface area contributed by atoms with Crippen molar-refractivity contribution in [1.29, 1.82) is 0 Å². The molecule has 0 saturated carbocycles. The molecule has 1 heterocycles. The minimum absolute atomic E-state index is 0.120. The molecule has 200 valence electrons. The van der Waals surface area contributed by atoms with Crippen LogP contribution in [0.2, 0.25) is 0 Å². The lowest BCUT2D eigenvalue weighted by Crippen LogP contribution is -2.33. The van der Waals surface area contributed by atoms with Crippen molar-refractivity contribution < 1.29 is 19.1 Å². The predicted molar refractivity (Wildman–Crippen MR) is 157 cm³/mol. The molecule has 1 aromatic heterocycles. The van der Waals surface area contributed by atoms with E-state index in [0.29, 0.717) is 36.4 Å². The van der Waals surface area contributed by atoms with Gasteiger partial charge in [0.15, 0.2) is 5.78 Å². The van der Waals surface area contributed by atoms with E-state index >= 15 is 0 Å². The van der Waals surface area contributed by atoms with Gasteiger partial charge in [-0.1, -0.05) is 60.7 Å². The zero-order valence-corrected chi connectivity index (χ0v) is 23.4. The number of anilines is 2. The molecular weight excluding hydrogens is 558 g/mol. The number of likely N-dealkylation sites (N-methyl/N-ethyl adjacent to an activating group) is 1. The van der Waals surface area contributed by atoms with Crippen molar-refractivity contribution in [2.45, 2.75) is 12.5 Å². The minimum atomic E-state index is -0.683. The van der Waals surface area contributed by atoms with Crippen LogP contribution in [0.3, 0.4) is 0 Å². The van der Waals surface area contributed by atoms with Gasteiger partial charge in [-0.2, -0.15) is 0 Å². The number of hydrogen-bond donors (Lipinski definition) is 1. The summed E-state index contributed by atoms with van der Waals surface area (Å²) in [6.45, 7) is 1.16. The molecule has 0 aliphatic carbocycles. The monoisotopic (exact) mass is 587 g/mol. The van der Waals surface area contributed by atoms with E-state index in [-0.39, 0.29) is 5.78 Å². The number of carbonyl (C=O) groups excluding carboxylic acids is 2. The second-order valence-electron chi connectivity index (χ2n) is 8.90. The van der Waals surface area contributed by atoms with Gasteiger partial charge in [0.25, 0.3) is 0 Å². The largest absolute Gasteiger partial charge is 0.492 e. The second-order valence-corrected chi connectivity index (χ2v) is 9.71. The van der Waals surface area contributed by atoms with Gasteiger partial charge in [-0.25, -0.2) is 9.78 Å². The molecule has 4 aromatic rings. The molecule has 0 spiro atoms. The van der Waals surface area contributed by atoms with E-state index in [2.05, 4.69) is 26.2 Å². The zero-order valence-electron chi connectivity index (χ0n) is 21.8. The maximum absolute atomic E-state index is 13.1. The molecule has 0 aliphatic heterocycles. The fourth-order valence-corrected chi connectivity index (χ4v) is 4.39. The fraction of sp³-hybridized carbons (Fsp3) is 0.194. The third-order valence-electron chi connectivity index (χ3n) is 6.17. The lowest BCUT2D eigenvalue weighted by molar-refractivity contribution is -0.141. The maximum Gasteiger partial charge on any atom is 0.328 e. The Morgan fingerprint density at radius 2 is 1.64 bits per heavy atom. The summed E-state index contributed by atoms with van der Waals surface area (Å²) in [6, 6.07) is 29.0. The highest BCUT2D eigenvalue weighted by Gasteiger charge is 2.22. The van der Waals surface area contributed by atoms with Gasteiger partial charge in [0.1, 0.15) is 28.8 Å². The van der Waals surface area contributed by atoms with Crippen LogP contribution in [0.5, 0.6) is 5.75 Å². The second kappa shape index (κ2) is 13.6. The molecular formula is C31H30BrN3O4. The van der Waals surface area contributed by atoms with Crippen LogP contribution in [0.4, 0.5) is 11.5 Å². The van der Waals surface area contributed by atoms with Crippen molar-refractivity contribution in [3.05, 3.63) is 118 Å². The summed E-state index contributed by atoms with van der Waals surface area (Å²) in [6.07, 6.45) is 0.373. The molecule has 3 aromatic carbocycles. The van der Waals surface area contributed by atoms with E-state index in [0.717, 1.165) is 21.7 Å². The summed E-state index contributed by atoms with van der Waals surface area (Å²) in [4.78, 5) is 32.3. The first-order valence-corrected chi connectivity index (χ1v) is 13.3. The number of aromatic nitrogens is 1. The molecule has 0 fully saturated rings. The number of halogens is 1. The Morgan fingerprint density at radius 3 is 2.36 bits per heavy atom. The van der Waals surface area contributed by atoms with E-state index in [1.165, 1.54) is 7.11 Å². The van der Waals surface area contributed by atoms with Crippen molar-refractivity contribution in [1.82, 2.24) is 4.98 Å². The van der Waals surface area contributed by atoms with E-state index in [1.807, 2.05) is 78.7 Å². The third kappa shape index (κ3) is 7.67. The highest BCUT2D eigenvalue weighted by molar-refractivity contribution is 9.10. The topological polar surface area (TPSA) is 80.8 Å². The van der Waals surface area contributed by atoms with E-state index in [1.54, 1.807) is 30.3 Å². The standard InChI is InChI=1S/C31H30BrN3O4/c1-35(29-14-8-13-28(32)34-29)19-20-39-24-17-15-22(16-18-24)21-27(31(37)38-2)33-26-12-7-6-11-25(26)30(36)23-9-4-3-5-10-23/h3-18,27,33H,19-21H2,1-2H3/t27-/m0/s1. The van der Waals surface area contributed by atoms with Crippen LogP contribution in [0.25, 0.3) is 0 Å². The van der Waals surface area contributed by atoms with Crippen LogP contribution in [-0.2, 0) is 16.0 Å². The number of ether oxygens (including phenoxy) is 2. The number of nitrogens with zero attached hydrogens (tertiary/aromatic N) is 2. The third-order valence-corrected chi connectivity index (χ3v) is 6.61. The van der Waals surface area contributed by atoms with Crippen LogP contribution in [-0.4, -0.2) is 50.1 Å². The predicted octanol–water partition coefficient (Wildman–Crippen LogP) is 5.79. The van der Waals surface area contributed by atoms with Crippen LogP contribution in [0, 0.1) is 0 Å². The number of methoxy groups -OCH3 is 1. The average molecular weight is 589 g/mol. The Labute approximate surface area is 236 Å². The van der Waals surface area contributed by atoms with Gasteiger partial charge < -0.3 is 19.7 Å². The minimum Gasteiger partial charge on any atom is -0.492 e. The first kappa shape index (κ1) is 27.9. The number of nitrogens with one attached hydrogen (secondary N) is 1. The van der Waals surface area contributed by atoms with E-state index in [9.17, 15) is 9.59 Å². The van der Waals surface area contributed by atoms with E-state index in [4.69, 9.17) is 9.47 Å². The molecule has 0 amide bonds. The molecule has 39 heavy (non-hydrogen) atoms. The van der Waals surface area contributed by atoms with Crippen molar-refractivity contribution in [2.24, 2.45) is 0 Å². The highest BCUT2D eigenvalue weighted by Crippen LogP contribution is 2.22. The number of ketones is 1. The number of para-hydroxylation sites is 1. The molecule has 8 heteroatoms. The quantitative estimate of drug-likeness (QED) is 0.128. The average Bonchev–Trinajstić information content (AvgIpc) is 2.97. The molecule has 1 N–H and O–H groups in total. The van der Waals surface area contributed by atoms with Gasteiger partial charge in [-0.15, -0.1) is 0 Å². The SMILES string of the molecule is COC(=O)[C@H](Cc1ccc(OCCN(C)c2cccc(Br)n2)cc1)Nc1ccccc1C(=O)c1ccccc1. The van der Waals surface area contributed by atoms with Gasteiger partial charge in [0, 0.05) is 30.3 Å². The highest BCUT2D eigenvalue weighted by atomic mass is 79.9. The van der Waals surface area contributed by atoms with Crippen molar-refractivity contribution in [3.8, 4) is 5.75 Å². The number of hydrogen-bond acceptors (Lipinski definition) is 7. The van der Waals surface area contributed by atoms with Crippen molar-refractivity contribution in [2.75, 3.05) is 37.5 Å². The smallest absolute Gasteiger partial charge is 0.328 e. The normalized spacial score (nSPS) is 11.4. The van der Waals surface area contributed by atoms with Gasteiger partial charge in [0.05, 0.1) is 13.7 Å². The summed E-state index contributed by atoms with van der Waals surface area (Å²) in [5, 5.41) is 3.24. The molecule has 4 rings (SSSR count). The first-order valence-electron chi connectivity index (χ1n) is 12.5. The van der Waals surface area contributed by atoms with Crippen LogP contribution in [0.15, 0.2) is 102 Å². The number of esters is 1. The molecule has 0 saturated heterocycles. The Bertz CT molecular complexity index is 1400. The molecule has 7 nitrogen and oxygen atoms in total. The number of benzene rings is 3. The van der Waals surface area contributed by atoms with Gasteiger partial charge in [0.2, 0.25) is 0 Å². The van der Waals surface area contributed by atoms with Crippen LogP contribution < -0.4 is 15.0 Å². The van der Waals surface area contributed by atoms with E-state index < -0.39 is 12.0 Å². The fourth-order valence-electron chi connectivity index (χ4n) is 4.06. The Balaban J connectivity index is 1.39. The Hall–Kier alpha value is -4.17.